The van der Waals surface area contributed by atoms with Crippen LogP contribution in [0.3, 0.4) is 0 Å². The molecule has 0 atom stereocenters. The van der Waals surface area contributed by atoms with E-state index >= 15 is 0 Å². The number of aryl methyl sites for hydroxylation is 1. The average molecular weight is 680 g/mol. The fourth-order valence-corrected chi connectivity index (χ4v) is 5.65. The fraction of sp³-hybridized carbons (Fsp3) is 0.125. The number of nitrogens with zero attached hydrogens (tertiary/aromatic N) is 2. The Morgan fingerprint density at radius 1 is 0.757 bits per heavy atom. The molecule has 0 saturated heterocycles. The van der Waals surface area contributed by atoms with Crippen LogP contribution < -0.4 is 5.19 Å². The monoisotopic (exact) mass is 680 g/mol. The number of hydrogen-bond donors (Lipinski definition) is 0. The third-order valence-corrected chi connectivity index (χ3v) is 7.94. The number of aromatic nitrogens is 2. The topological polar surface area (TPSA) is 38.9 Å². The van der Waals surface area contributed by atoms with Crippen molar-refractivity contribution < 1.29 is 28.6 Å². The summed E-state index contributed by atoms with van der Waals surface area (Å²) in [4.78, 5) is 8.60. The predicted molar refractivity (Wildman–Crippen MR) is 152 cm³/mol. The van der Waals surface area contributed by atoms with Crippen LogP contribution in [-0.4, -0.2) is 18.0 Å². The van der Waals surface area contributed by atoms with Crippen molar-refractivity contribution in [2.24, 2.45) is 0 Å². The van der Waals surface area contributed by atoms with E-state index in [4.69, 9.17) is 8.53 Å². The van der Waals surface area contributed by atoms with Crippen LogP contribution in [0.25, 0.3) is 44.5 Å². The molecule has 0 saturated carbocycles. The van der Waals surface area contributed by atoms with E-state index in [1.807, 2.05) is 42.5 Å². The SMILES string of the molecule is C[Si](C)(C)c1cccc2c1oc1c(-c3ccccn3)[c-]ccc12.[2H]C([2H])([2H])c1ccnc(-c2[c-]cccc2)c1.[Ir]. The first-order chi connectivity index (χ1) is 18.6. The zero-order valence-corrected chi connectivity index (χ0v) is 24.3. The maximum Gasteiger partial charge on any atom is 0.120 e. The molecule has 0 aliphatic carbocycles. The van der Waals surface area contributed by atoms with Gasteiger partial charge >= 0.3 is 0 Å². The van der Waals surface area contributed by atoms with E-state index < -0.39 is 14.9 Å². The molecule has 0 bridgehead atoms. The van der Waals surface area contributed by atoms with E-state index in [9.17, 15) is 0 Å². The van der Waals surface area contributed by atoms with E-state index in [1.165, 1.54) is 22.8 Å². The molecule has 0 aliphatic rings. The molecule has 0 fully saturated rings. The number of furan rings is 1. The Balaban J connectivity index is 0.000000192. The maximum absolute atomic E-state index is 7.33. The molecule has 1 radical (unpaired) electrons. The van der Waals surface area contributed by atoms with Crippen LogP contribution in [0.2, 0.25) is 19.6 Å². The van der Waals surface area contributed by atoms with Gasteiger partial charge < -0.3 is 14.4 Å². The predicted octanol–water partition coefficient (Wildman–Crippen LogP) is 7.85. The molecule has 0 spiro atoms. The number of benzene rings is 3. The van der Waals surface area contributed by atoms with E-state index in [0.29, 0.717) is 11.3 Å². The van der Waals surface area contributed by atoms with Crippen LogP contribution in [0.15, 0.2) is 102 Å². The van der Waals surface area contributed by atoms with Gasteiger partial charge in [0.15, 0.2) is 0 Å². The third-order valence-electron chi connectivity index (χ3n) is 5.93. The summed E-state index contributed by atoms with van der Waals surface area (Å²) < 4.78 is 28.3. The normalized spacial score (nSPS) is 12.6. The van der Waals surface area contributed by atoms with Gasteiger partial charge in [0.05, 0.1) is 13.7 Å². The molecule has 0 unspecified atom stereocenters. The van der Waals surface area contributed by atoms with Crippen molar-refractivity contribution in [1.29, 1.82) is 0 Å². The second-order valence-corrected chi connectivity index (χ2v) is 14.6. The molecule has 3 heterocycles. The van der Waals surface area contributed by atoms with Crippen molar-refractivity contribution in [2.45, 2.75) is 26.5 Å². The van der Waals surface area contributed by atoms with Gasteiger partial charge in [-0.3, -0.25) is 0 Å². The number of rotatable bonds is 3. The van der Waals surface area contributed by atoms with E-state index in [-0.39, 0.29) is 20.1 Å². The number of fused-ring (bicyclic) bond motifs is 3. The Hall–Kier alpha value is -3.37. The summed E-state index contributed by atoms with van der Waals surface area (Å²) in [7, 11) is -1.48. The standard InChI is InChI=1S/C20H18NOSi.C12H10N.Ir/c1-23(2,3)18-12-7-9-15-14-8-6-10-16(19(14)22-20(15)18)17-11-4-5-13-21-17;1-10-7-8-13-12(9-10)11-5-3-2-4-6-11;/h4-9,11-13H,1-3H3;2-5,7-9H,1H3;/q2*-1;/i;1D3;. The second-order valence-electron chi connectivity index (χ2n) is 9.55. The number of para-hydroxylation sites is 1. The van der Waals surface area contributed by atoms with E-state index in [2.05, 4.69) is 66.0 Å². The summed E-state index contributed by atoms with van der Waals surface area (Å²) in [5.74, 6) is 0. The molecular formula is C32H28IrN2OSi-2. The van der Waals surface area contributed by atoms with Gasteiger partial charge in [-0.15, -0.1) is 54.1 Å². The van der Waals surface area contributed by atoms with Crippen LogP contribution >= 0.6 is 0 Å². The number of hydrogen-bond acceptors (Lipinski definition) is 3. The molecule has 37 heavy (non-hydrogen) atoms. The Bertz CT molecular complexity index is 1730. The molecular weight excluding hydrogens is 649 g/mol. The fourth-order valence-electron chi connectivity index (χ4n) is 4.19. The van der Waals surface area contributed by atoms with Crippen molar-refractivity contribution in [3.8, 4) is 22.5 Å². The molecule has 6 rings (SSSR count). The second kappa shape index (κ2) is 11.3. The van der Waals surface area contributed by atoms with Gasteiger partial charge in [-0.05, 0) is 35.6 Å². The van der Waals surface area contributed by atoms with Crippen molar-refractivity contribution in [2.75, 3.05) is 0 Å². The molecule has 6 aromatic rings. The zero-order chi connectivity index (χ0) is 27.6. The van der Waals surface area contributed by atoms with Gasteiger partial charge in [-0.25, -0.2) is 0 Å². The van der Waals surface area contributed by atoms with Gasteiger partial charge in [0.1, 0.15) is 5.58 Å². The van der Waals surface area contributed by atoms with E-state index in [1.54, 1.807) is 18.3 Å². The maximum atomic E-state index is 7.33. The van der Waals surface area contributed by atoms with Crippen LogP contribution in [0.1, 0.15) is 9.68 Å². The summed E-state index contributed by atoms with van der Waals surface area (Å²) >= 11 is 0. The molecule has 0 aliphatic heterocycles. The first-order valence-electron chi connectivity index (χ1n) is 13.3. The van der Waals surface area contributed by atoms with Crippen LogP contribution in [-0.2, 0) is 20.1 Å². The molecule has 3 nitrogen and oxygen atoms in total. The Kier molecular flexibility index (Phi) is 6.99. The minimum Gasteiger partial charge on any atom is -0.501 e. The molecule has 0 N–H and O–H groups in total. The van der Waals surface area contributed by atoms with Crippen molar-refractivity contribution >= 4 is 35.2 Å². The van der Waals surface area contributed by atoms with Crippen LogP contribution in [0.5, 0.6) is 0 Å². The first kappa shape index (κ1) is 22.8. The molecule has 5 heteroatoms. The minimum atomic E-state index is -2.09. The van der Waals surface area contributed by atoms with Gasteiger partial charge in [0.25, 0.3) is 0 Å². The number of pyridine rings is 2. The molecule has 3 aromatic heterocycles. The smallest absolute Gasteiger partial charge is 0.120 e. The van der Waals surface area contributed by atoms with Crippen molar-refractivity contribution in [3.63, 3.8) is 0 Å². The van der Waals surface area contributed by atoms with Gasteiger partial charge in [0.2, 0.25) is 0 Å². The van der Waals surface area contributed by atoms with E-state index in [0.717, 1.165) is 33.4 Å². The van der Waals surface area contributed by atoms with Crippen molar-refractivity contribution in [1.82, 2.24) is 9.97 Å². The van der Waals surface area contributed by atoms with Crippen LogP contribution in [0, 0.1) is 19.0 Å². The third kappa shape index (κ3) is 5.80. The summed E-state index contributed by atoms with van der Waals surface area (Å²) in [5, 5.41) is 3.68. The summed E-state index contributed by atoms with van der Waals surface area (Å²) in [6, 6.07) is 33.2. The zero-order valence-electron chi connectivity index (χ0n) is 23.9. The largest absolute Gasteiger partial charge is 0.501 e. The summed E-state index contributed by atoms with van der Waals surface area (Å²) in [6.45, 7) is 4.95. The average Bonchev–Trinajstić information content (AvgIpc) is 3.32. The van der Waals surface area contributed by atoms with Gasteiger partial charge in [0, 0.05) is 42.0 Å². The first-order valence-corrected chi connectivity index (χ1v) is 15.3. The molecule has 187 valence electrons. The minimum absolute atomic E-state index is 0. The molecule has 0 amide bonds. The van der Waals surface area contributed by atoms with Gasteiger partial charge in [-0.1, -0.05) is 72.6 Å². The Labute approximate surface area is 237 Å². The quantitative estimate of drug-likeness (QED) is 0.141. The summed E-state index contributed by atoms with van der Waals surface area (Å²) in [6.07, 6.45) is 3.32. The molecule has 3 aromatic carbocycles. The van der Waals surface area contributed by atoms with Crippen molar-refractivity contribution in [3.05, 3.63) is 115 Å². The summed E-state index contributed by atoms with van der Waals surface area (Å²) in [5.41, 5.74) is 5.47. The Morgan fingerprint density at radius 3 is 2.30 bits per heavy atom. The Morgan fingerprint density at radius 2 is 1.57 bits per heavy atom. The van der Waals surface area contributed by atoms with Gasteiger partial charge in [-0.2, -0.15) is 0 Å². The van der Waals surface area contributed by atoms with Crippen LogP contribution in [0.4, 0.5) is 0 Å².